The third kappa shape index (κ3) is 4.01. The van der Waals surface area contributed by atoms with E-state index < -0.39 is 5.82 Å². The van der Waals surface area contributed by atoms with Gasteiger partial charge >= 0.3 is 0 Å². The van der Waals surface area contributed by atoms with E-state index in [1.165, 1.54) is 18.2 Å². The van der Waals surface area contributed by atoms with Crippen molar-refractivity contribution in [3.8, 4) is 0 Å². The normalized spacial score (nSPS) is 12.4. The van der Waals surface area contributed by atoms with Crippen molar-refractivity contribution in [2.45, 2.75) is 18.9 Å². The van der Waals surface area contributed by atoms with Crippen LogP contribution in [0.2, 0.25) is 5.02 Å². The molecule has 0 aliphatic rings. The molecule has 2 aromatic rings. The van der Waals surface area contributed by atoms with Crippen molar-refractivity contribution < 1.29 is 8.78 Å². The summed E-state index contributed by atoms with van der Waals surface area (Å²) in [4.78, 5) is 0. The molecule has 0 heterocycles. The molecule has 5 heteroatoms. The highest BCUT2D eigenvalue weighted by Gasteiger charge is 2.12. The Hall–Kier alpha value is -0.970. The summed E-state index contributed by atoms with van der Waals surface area (Å²) in [7, 11) is 0. The van der Waals surface area contributed by atoms with Crippen LogP contribution in [0.3, 0.4) is 0 Å². The van der Waals surface area contributed by atoms with Gasteiger partial charge in [0.2, 0.25) is 0 Å². The first kappa shape index (κ1) is 15.4. The van der Waals surface area contributed by atoms with Gasteiger partial charge in [-0.15, -0.1) is 0 Å². The van der Waals surface area contributed by atoms with Crippen LogP contribution >= 0.6 is 27.5 Å². The number of halogens is 4. The van der Waals surface area contributed by atoms with Crippen LogP contribution in [0.1, 0.15) is 11.1 Å². The topological polar surface area (TPSA) is 26.0 Å². The molecular weight excluding hydrogens is 348 g/mol. The SMILES string of the molecule is NC(Cc1cc(F)cc(Br)c1)Cc1cccc(Cl)c1F. The van der Waals surface area contributed by atoms with E-state index in [0.717, 1.165) is 5.56 Å². The number of benzene rings is 2. The Balaban J connectivity index is 2.09. The largest absolute Gasteiger partial charge is 0.327 e. The van der Waals surface area contributed by atoms with Gasteiger partial charge in [-0.3, -0.25) is 0 Å². The van der Waals surface area contributed by atoms with E-state index in [2.05, 4.69) is 15.9 Å². The molecule has 1 atom stereocenters. The molecule has 2 aromatic carbocycles. The molecule has 0 aliphatic carbocycles. The van der Waals surface area contributed by atoms with Crippen molar-refractivity contribution in [2.24, 2.45) is 5.73 Å². The molecule has 20 heavy (non-hydrogen) atoms. The summed E-state index contributed by atoms with van der Waals surface area (Å²) >= 11 is 8.96. The van der Waals surface area contributed by atoms with Crippen molar-refractivity contribution in [3.63, 3.8) is 0 Å². The van der Waals surface area contributed by atoms with E-state index in [1.54, 1.807) is 18.2 Å². The van der Waals surface area contributed by atoms with E-state index in [9.17, 15) is 8.78 Å². The Morgan fingerprint density at radius 3 is 2.60 bits per heavy atom. The second-order valence-corrected chi connectivity index (χ2v) is 5.98. The maximum absolute atomic E-state index is 13.8. The average Bonchev–Trinajstić information content (AvgIpc) is 2.33. The molecular formula is C15H13BrClF2N. The summed E-state index contributed by atoms with van der Waals surface area (Å²) in [5, 5.41) is 0.0863. The average molecular weight is 361 g/mol. The minimum atomic E-state index is -0.440. The summed E-state index contributed by atoms with van der Waals surface area (Å²) in [6.45, 7) is 0. The predicted molar refractivity (Wildman–Crippen MR) is 80.9 cm³/mol. The Morgan fingerprint density at radius 1 is 1.15 bits per heavy atom. The first-order valence-electron chi connectivity index (χ1n) is 6.09. The Kier molecular flexibility index (Phi) is 5.13. The minimum Gasteiger partial charge on any atom is -0.327 e. The van der Waals surface area contributed by atoms with E-state index >= 15 is 0 Å². The first-order valence-corrected chi connectivity index (χ1v) is 7.26. The van der Waals surface area contributed by atoms with Crippen LogP contribution in [0, 0.1) is 11.6 Å². The molecule has 1 unspecified atom stereocenters. The van der Waals surface area contributed by atoms with Gasteiger partial charge in [0.1, 0.15) is 11.6 Å². The third-order valence-electron chi connectivity index (χ3n) is 2.93. The highest BCUT2D eigenvalue weighted by molar-refractivity contribution is 9.10. The van der Waals surface area contributed by atoms with Crippen LogP contribution in [-0.2, 0) is 12.8 Å². The van der Waals surface area contributed by atoms with Crippen molar-refractivity contribution in [1.29, 1.82) is 0 Å². The van der Waals surface area contributed by atoms with Crippen LogP contribution in [-0.4, -0.2) is 6.04 Å². The lowest BCUT2D eigenvalue weighted by Gasteiger charge is -2.13. The molecule has 2 N–H and O–H groups in total. The monoisotopic (exact) mass is 359 g/mol. The summed E-state index contributed by atoms with van der Waals surface area (Å²) < 4.78 is 27.7. The predicted octanol–water partition coefficient (Wildman–Crippen LogP) is 4.49. The highest BCUT2D eigenvalue weighted by Crippen LogP contribution is 2.20. The molecule has 106 valence electrons. The Bertz CT molecular complexity index is 599. The quantitative estimate of drug-likeness (QED) is 0.854. The second-order valence-electron chi connectivity index (χ2n) is 4.66. The summed E-state index contributed by atoms with van der Waals surface area (Å²) in [6.07, 6.45) is 0.808. The molecule has 0 aromatic heterocycles. The van der Waals surface area contributed by atoms with Gasteiger partial charge in [-0.25, -0.2) is 8.78 Å². The Morgan fingerprint density at radius 2 is 1.90 bits per heavy atom. The molecule has 0 saturated carbocycles. The van der Waals surface area contributed by atoms with Gasteiger partial charge in [0.25, 0.3) is 0 Å². The van der Waals surface area contributed by atoms with Gasteiger partial charge in [-0.1, -0.05) is 39.7 Å². The van der Waals surface area contributed by atoms with Crippen LogP contribution in [0.5, 0.6) is 0 Å². The maximum Gasteiger partial charge on any atom is 0.145 e. The van der Waals surface area contributed by atoms with Crippen LogP contribution in [0.25, 0.3) is 0 Å². The van der Waals surface area contributed by atoms with Crippen LogP contribution in [0.4, 0.5) is 8.78 Å². The fraction of sp³-hybridized carbons (Fsp3) is 0.200. The fourth-order valence-electron chi connectivity index (χ4n) is 2.09. The molecule has 2 rings (SSSR count). The molecule has 0 saturated heterocycles. The zero-order valence-electron chi connectivity index (χ0n) is 10.5. The lowest BCUT2D eigenvalue weighted by molar-refractivity contribution is 0.581. The third-order valence-corrected chi connectivity index (χ3v) is 3.68. The summed E-state index contributed by atoms with van der Waals surface area (Å²) in [5.41, 5.74) is 7.25. The van der Waals surface area contributed by atoms with Crippen LogP contribution < -0.4 is 5.73 Å². The molecule has 0 fully saturated rings. The number of hydrogen-bond acceptors (Lipinski definition) is 1. The second kappa shape index (κ2) is 6.66. The fourth-order valence-corrected chi connectivity index (χ4v) is 2.80. The number of nitrogens with two attached hydrogens (primary N) is 1. The van der Waals surface area contributed by atoms with Crippen LogP contribution in [0.15, 0.2) is 40.9 Å². The molecule has 0 spiro atoms. The maximum atomic E-state index is 13.8. The minimum absolute atomic E-state index is 0.0863. The van der Waals surface area contributed by atoms with Crippen molar-refractivity contribution in [2.75, 3.05) is 0 Å². The molecule has 0 radical (unpaired) electrons. The number of rotatable bonds is 4. The smallest absolute Gasteiger partial charge is 0.145 e. The van der Waals surface area contributed by atoms with Crippen molar-refractivity contribution in [1.82, 2.24) is 0 Å². The van der Waals surface area contributed by atoms with Gasteiger partial charge < -0.3 is 5.73 Å². The van der Waals surface area contributed by atoms with E-state index in [4.69, 9.17) is 17.3 Å². The summed E-state index contributed by atoms with van der Waals surface area (Å²) in [5.74, 6) is -0.763. The highest BCUT2D eigenvalue weighted by atomic mass is 79.9. The van der Waals surface area contributed by atoms with Crippen molar-refractivity contribution >= 4 is 27.5 Å². The van der Waals surface area contributed by atoms with Gasteiger partial charge in [-0.2, -0.15) is 0 Å². The first-order chi connectivity index (χ1) is 9.45. The zero-order chi connectivity index (χ0) is 14.7. The van der Waals surface area contributed by atoms with E-state index in [0.29, 0.717) is 22.9 Å². The lowest BCUT2D eigenvalue weighted by atomic mass is 9.99. The van der Waals surface area contributed by atoms with E-state index in [-0.39, 0.29) is 16.9 Å². The van der Waals surface area contributed by atoms with Gasteiger partial charge in [-0.05, 0) is 48.2 Å². The Labute approximate surface area is 129 Å². The lowest BCUT2D eigenvalue weighted by Crippen LogP contribution is -2.26. The molecule has 0 aliphatic heterocycles. The zero-order valence-corrected chi connectivity index (χ0v) is 12.9. The molecule has 0 bridgehead atoms. The van der Waals surface area contributed by atoms with Gasteiger partial charge in [0, 0.05) is 10.5 Å². The standard InChI is InChI=1S/C15H13BrClF2N/c16-11-4-9(5-12(18)8-11)6-13(20)7-10-2-1-3-14(17)15(10)19/h1-5,8,13H,6-7,20H2. The van der Waals surface area contributed by atoms with Gasteiger partial charge in [0.15, 0.2) is 0 Å². The molecule has 0 amide bonds. The summed E-state index contributed by atoms with van der Waals surface area (Å²) in [6, 6.07) is 9.14. The van der Waals surface area contributed by atoms with Gasteiger partial charge in [0.05, 0.1) is 5.02 Å². The number of hydrogen-bond donors (Lipinski definition) is 1. The molecule has 1 nitrogen and oxygen atoms in total. The van der Waals surface area contributed by atoms with E-state index in [1.807, 2.05) is 0 Å². The van der Waals surface area contributed by atoms with Crippen molar-refractivity contribution in [3.05, 3.63) is 68.7 Å².